The summed E-state index contributed by atoms with van der Waals surface area (Å²) in [6, 6.07) is 0. The quantitative estimate of drug-likeness (QED) is 0.355. The predicted octanol–water partition coefficient (Wildman–Crippen LogP) is -0.509. The van der Waals surface area contributed by atoms with E-state index in [4.69, 9.17) is 19.2 Å². The maximum absolute atomic E-state index is 8.88. The van der Waals surface area contributed by atoms with Gasteiger partial charge in [-0.1, -0.05) is 0 Å². The van der Waals surface area contributed by atoms with Gasteiger partial charge in [-0.3, -0.25) is 0 Å². The first-order valence-electron chi connectivity index (χ1n) is 0.783. The molecular weight excluding hydrogens is 186 g/mol. The van der Waals surface area contributed by atoms with E-state index >= 15 is 0 Å². The van der Waals surface area contributed by atoms with Crippen LogP contribution in [-0.2, 0) is 21.6 Å². The number of halogens is 1. The second kappa shape index (κ2) is 5.06. The summed E-state index contributed by atoms with van der Waals surface area (Å²) in [7, 11) is -4.64. The van der Waals surface area contributed by atoms with Crippen molar-refractivity contribution < 1.29 is 36.3 Å². The zero-order valence-electron chi connectivity index (χ0n) is 2.96. The van der Waals surface area contributed by atoms with E-state index in [9.17, 15) is 0 Å². The molecule has 48 valence electrons. The van der Waals surface area contributed by atoms with Crippen LogP contribution >= 0.6 is 20.2 Å². The summed E-state index contributed by atoms with van der Waals surface area (Å²) in [5.74, 6) is 0. The fourth-order valence-corrected chi connectivity index (χ4v) is 0. The minimum Gasteiger partial charge on any atom is -0.303 e. The molecule has 0 atom stereocenters. The molecule has 0 unspecified atom stereocenters. The Morgan fingerprint density at radius 1 is 1.14 bits per heavy atom. The molecule has 7 heteroatoms. The fraction of sp³-hybridized carbons (Fsp3) is 0. The zero-order chi connectivity index (χ0) is 4.50. The zero-order valence-corrected chi connectivity index (χ0v) is 5.77. The van der Waals surface area contributed by atoms with Crippen LogP contribution in [0.3, 0.4) is 0 Å². The van der Waals surface area contributed by atoms with Crippen molar-refractivity contribution in [3.63, 3.8) is 0 Å². The van der Waals surface area contributed by atoms with Gasteiger partial charge < -0.3 is 14.7 Å². The Balaban J connectivity index is -0.0000000800. The Morgan fingerprint density at radius 3 is 1.14 bits per heavy atom. The van der Waals surface area contributed by atoms with Gasteiger partial charge in [-0.15, -0.1) is 12.4 Å². The van der Waals surface area contributed by atoms with Gasteiger partial charge in [-0.05, 0) is 0 Å². The summed E-state index contributed by atoms with van der Waals surface area (Å²) in [4.78, 5) is 21.6. The molecular formula is H4ClFeO4P. The molecule has 0 aliphatic rings. The van der Waals surface area contributed by atoms with Gasteiger partial charge in [0.15, 0.2) is 0 Å². The fourth-order valence-electron chi connectivity index (χ4n) is 0. The van der Waals surface area contributed by atoms with Crippen LogP contribution in [0.1, 0.15) is 0 Å². The molecule has 0 bridgehead atoms. The van der Waals surface area contributed by atoms with Crippen LogP contribution in [0.25, 0.3) is 0 Å². The third-order valence-electron chi connectivity index (χ3n) is 0. The maximum atomic E-state index is 8.88. The van der Waals surface area contributed by atoms with Crippen LogP contribution < -0.4 is 0 Å². The minimum absolute atomic E-state index is 0. The number of hydrogen-bond acceptors (Lipinski definition) is 1. The molecule has 0 spiro atoms. The van der Waals surface area contributed by atoms with E-state index in [2.05, 4.69) is 0 Å². The van der Waals surface area contributed by atoms with Crippen LogP contribution in [0.15, 0.2) is 0 Å². The molecule has 7 heavy (non-hydrogen) atoms. The predicted molar refractivity (Wildman–Crippen MR) is 21.5 cm³/mol. The molecule has 0 aliphatic heterocycles. The molecule has 0 aromatic carbocycles. The van der Waals surface area contributed by atoms with Crippen molar-refractivity contribution in [1.82, 2.24) is 0 Å². The molecule has 0 aromatic rings. The Kier molecular flexibility index (Phi) is 11.3. The Bertz CT molecular complexity index is 57.8. The van der Waals surface area contributed by atoms with Gasteiger partial charge in [0.1, 0.15) is 0 Å². The van der Waals surface area contributed by atoms with Gasteiger partial charge in [0, 0.05) is 17.1 Å². The van der Waals surface area contributed by atoms with Crippen molar-refractivity contribution in [2.45, 2.75) is 0 Å². The van der Waals surface area contributed by atoms with Crippen LogP contribution in [0.2, 0.25) is 0 Å². The van der Waals surface area contributed by atoms with E-state index in [0.717, 1.165) is 0 Å². The van der Waals surface area contributed by atoms with Gasteiger partial charge in [0.05, 0.1) is 0 Å². The number of hydrogen-bond donors (Lipinski definition) is 3. The summed E-state index contributed by atoms with van der Waals surface area (Å²) >= 11 is 0. The standard InChI is InChI=1S/ClH.Fe.H3O4P/c;;1-5(2,3)4/h1H;;(H3,1,2,3,4). The smallest absolute Gasteiger partial charge is 0.303 e. The molecule has 0 amide bonds. The van der Waals surface area contributed by atoms with Gasteiger partial charge in [-0.2, -0.15) is 0 Å². The molecule has 0 radical (unpaired) electrons. The minimum atomic E-state index is -4.64. The first-order chi connectivity index (χ1) is 2.00. The number of phosphoric acid groups is 1. The molecule has 0 rings (SSSR count). The van der Waals surface area contributed by atoms with Crippen LogP contribution in [0.4, 0.5) is 0 Å². The van der Waals surface area contributed by atoms with E-state index in [0.29, 0.717) is 0 Å². The van der Waals surface area contributed by atoms with Crippen LogP contribution in [0.5, 0.6) is 0 Å². The van der Waals surface area contributed by atoms with Crippen molar-refractivity contribution >= 4 is 20.2 Å². The van der Waals surface area contributed by atoms with Crippen molar-refractivity contribution in [2.75, 3.05) is 0 Å². The number of rotatable bonds is 0. The largest absolute Gasteiger partial charge is 0.466 e. The first-order valence-corrected chi connectivity index (χ1v) is 2.35. The SMILES string of the molecule is Cl.O=P(O)(O)O.[Fe]. The Labute approximate surface area is 57.1 Å². The van der Waals surface area contributed by atoms with E-state index in [-0.39, 0.29) is 29.5 Å². The third-order valence-corrected chi connectivity index (χ3v) is 0. The van der Waals surface area contributed by atoms with Crippen molar-refractivity contribution in [3.05, 3.63) is 0 Å². The third kappa shape index (κ3) is 198. The maximum Gasteiger partial charge on any atom is 0.466 e. The molecule has 0 fully saturated rings. The molecule has 0 saturated heterocycles. The molecule has 0 saturated carbocycles. The van der Waals surface area contributed by atoms with Crippen molar-refractivity contribution in [2.24, 2.45) is 0 Å². The summed E-state index contributed by atoms with van der Waals surface area (Å²) in [6.07, 6.45) is 0. The molecule has 0 aromatic heterocycles. The summed E-state index contributed by atoms with van der Waals surface area (Å²) in [5, 5.41) is 0. The second-order valence-corrected chi connectivity index (χ2v) is 1.54. The van der Waals surface area contributed by atoms with Gasteiger partial charge in [0.2, 0.25) is 0 Å². The summed E-state index contributed by atoms with van der Waals surface area (Å²) in [5.41, 5.74) is 0. The molecule has 3 N–H and O–H groups in total. The molecule has 0 heterocycles. The van der Waals surface area contributed by atoms with Crippen molar-refractivity contribution in [3.8, 4) is 0 Å². The Morgan fingerprint density at radius 2 is 1.14 bits per heavy atom. The van der Waals surface area contributed by atoms with E-state index < -0.39 is 7.82 Å². The Hall–Kier alpha value is 0.919. The average molecular weight is 190 g/mol. The normalized spacial score (nSPS) is 8.43. The first kappa shape index (κ1) is 15.7. The second-order valence-electron chi connectivity index (χ2n) is 0.513. The van der Waals surface area contributed by atoms with E-state index in [1.54, 1.807) is 0 Å². The van der Waals surface area contributed by atoms with Gasteiger partial charge in [-0.25, -0.2) is 4.57 Å². The monoisotopic (exact) mass is 190 g/mol. The molecule has 0 aliphatic carbocycles. The van der Waals surface area contributed by atoms with Gasteiger partial charge >= 0.3 is 7.82 Å². The summed E-state index contributed by atoms with van der Waals surface area (Å²) < 4.78 is 8.88. The summed E-state index contributed by atoms with van der Waals surface area (Å²) in [6.45, 7) is 0. The van der Waals surface area contributed by atoms with Crippen LogP contribution in [0, 0.1) is 0 Å². The van der Waals surface area contributed by atoms with Crippen molar-refractivity contribution in [1.29, 1.82) is 0 Å². The van der Waals surface area contributed by atoms with E-state index in [1.165, 1.54) is 0 Å². The van der Waals surface area contributed by atoms with Crippen LogP contribution in [-0.4, -0.2) is 14.7 Å². The van der Waals surface area contributed by atoms with E-state index in [1.807, 2.05) is 0 Å². The molecule has 4 nitrogen and oxygen atoms in total. The topological polar surface area (TPSA) is 77.8 Å². The van der Waals surface area contributed by atoms with Gasteiger partial charge in [0.25, 0.3) is 0 Å². The average Bonchev–Trinajstić information content (AvgIpc) is 0.722.